The van der Waals surface area contributed by atoms with E-state index in [1.165, 1.54) is 6.07 Å². The van der Waals surface area contributed by atoms with Crippen molar-refractivity contribution in [1.82, 2.24) is 10.2 Å². The van der Waals surface area contributed by atoms with Gasteiger partial charge in [0.2, 0.25) is 5.91 Å². The van der Waals surface area contributed by atoms with Gasteiger partial charge in [0, 0.05) is 12.6 Å². The Morgan fingerprint density at radius 1 is 1.13 bits per heavy atom. The first-order valence-electron chi connectivity index (χ1n) is 10.1. The minimum Gasteiger partial charge on any atom is -0.340 e. The molecule has 1 aliphatic rings. The Balaban J connectivity index is 1.89. The minimum absolute atomic E-state index is 0.0108. The zero-order valence-corrected chi connectivity index (χ0v) is 18.7. The summed E-state index contributed by atoms with van der Waals surface area (Å²) in [7, 11) is -2.05. The van der Waals surface area contributed by atoms with Crippen molar-refractivity contribution in [3.8, 4) is 0 Å². The van der Waals surface area contributed by atoms with Crippen molar-refractivity contribution >= 4 is 15.7 Å². The van der Waals surface area contributed by atoms with Crippen molar-refractivity contribution in [3.63, 3.8) is 0 Å². The number of alkyl halides is 3. The molecule has 2 rings (SSSR count). The zero-order chi connectivity index (χ0) is 22.7. The molecule has 1 aliphatic carbocycles. The Bertz CT molecular complexity index is 840. The molecule has 0 radical (unpaired) electrons. The van der Waals surface area contributed by atoms with Crippen molar-refractivity contribution in [2.24, 2.45) is 5.92 Å². The summed E-state index contributed by atoms with van der Waals surface area (Å²) in [5, 5.41) is 2.48. The van der Waals surface area contributed by atoms with Crippen LogP contribution in [0.5, 0.6) is 0 Å². The van der Waals surface area contributed by atoms with Crippen LogP contribution in [0.3, 0.4) is 0 Å². The van der Waals surface area contributed by atoms with Crippen LogP contribution in [0.1, 0.15) is 52.0 Å². The van der Waals surface area contributed by atoms with Gasteiger partial charge in [-0.15, -0.1) is 0 Å². The van der Waals surface area contributed by atoms with Gasteiger partial charge in [-0.2, -0.15) is 13.2 Å². The number of benzene rings is 1. The van der Waals surface area contributed by atoms with Gasteiger partial charge in [-0.05, 0) is 77.1 Å². The number of rotatable bonds is 6. The first kappa shape index (κ1) is 24.7. The molecule has 0 aromatic heterocycles. The number of hydrogen-bond donors (Lipinski definition) is 1. The van der Waals surface area contributed by atoms with Gasteiger partial charge in [0.15, 0.2) is 9.84 Å². The number of nitrogens with one attached hydrogen (secondary N) is 1. The number of likely N-dealkylation sites (N-methyl/N-ethyl adjacent to an activating group) is 1. The fourth-order valence-corrected chi connectivity index (χ4v) is 5.40. The number of halogens is 3. The molecule has 0 saturated heterocycles. The van der Waals surface area contributed by atoms with Crippen LogP contribution in [-0.2, 0) is 20.8 Å². The van der Waals surface area contributed by atoms with Gasteiger partial charge in [0.25, 0.3) is 0 Å². The Morgan fingerprint density at radius 3 is 2.27 bits per heavy atom. The molecule has 0 atom stereocenters. The Hall–Kier alpha value is -1.61. The molecule has 30 heavy (non-hydrogen) atoms. The van der Waals surface area contributed by atoms with Gasteiger partial charge in [0.05, 0.1) is 22.3 Å². The Morgan fingerprint density at radius 2 is 1.73 bits per heavy atom. The summed E-state index contributed by atoms with van der Waals surface area (Å²) in [6, 6.07) is 3.96. The van der Waals surface area contributed by atoms with E-state index in [2.05, 4.69) is 5.32 Å². The smallest absolute Gasteiger partial charge is 0.340 e. The normalized spacial score (nSPS) is 20.8. The highest BCUT2D eigenvalue weighted by Gasteiger charge is 2.35. The van der Waals surface area contributed by atoms with E-state index in [0.717, 1.165) is 18.2 Å². The number of carbonyl (C=O) groups is 1. The topological polar surface area (TPSA) is 66.5 Å². The highest BCUT2D eigenvalue weighted by Crippen LogP contribution is 2.34. The van der Waals surface area contributed by atoms with E-state index in [9.17, 15) is 26.4 Å². The summed E-state index contributed by atoms with van der Waals surface area (Å²) in [5.74, 6) is 0.231. The minimum atomic E-state index is -4.58. The third-order valence-corrected chi connectivity index (χ3v) is 8.07. The highest BCUT2D eigenvalue weighted by molar-refractivity contribution is 7.92. The number of sulfone groups is 1. The maximum absolute atomic E-state index is 12.9. The van der Waals surface area contributed by atoms with Crippen LogP contribution in [0.2, 0.25) is 0 Å². The maximum Gasteiger partial charge on any atom is 0.416 e. The monoisotopic (exact) mass is 448 g/mol. The second-order valence-corrected chi connectivity index (χ2v) is 11.2. The molecule has 0 spiro atoms. The van der Waals surface area contributed by atoms with Gasteiger partial charge >= 0.3 is 6.18 Å². The average molecular weight is 449 g/mol. The standard InChI is InChI=1S/C21H31F3N2O3S/c1-20(2,3)26(4)19(27)14-25-13-15-8-10-17(11-9-15)30(28,29)18-7-5-6-16(12-18)21(22,23)24/h5-7,12,15,17,25H,8-11,13-14H2,1-4H3/t15-,17+. The molecule has 1 fully saturated rings. The summed E-state index contributed by atoms with van der Waals surface area (Å²) in [5.41, 5.74) is -1.21. The van der Waals surface area contributed by atoms with E-state index in [4.69, 9.17) is 0 Å². The van der Waals surface area contributed by atoms with Gasteiger partial charge in [0.1, 0.15) is 0 Å². The molecular weight excluding hydrogens is 417 g/mol. The van der Waals surface area contributed by atoms with Crippen molar-refractivity contribution < 1.29 is 26.4 Å². The lowest BCUT2D eigenvalue weighted by Gasteiger charge is -2.32. The second kappa shape index (κ2) is 9.26. The van der Waals surface area contributed by atoms with Crippen LogP contribution in [0.25, 0.3) is 0 Å². The fourth-order valence-electron chi connectivity index (χ4n) is 3.56. The fraction of sp³-hybridized carbons (Fsp3) is 0.667. The van der Waals surface area contributed by atoms with E-state index < -0.39 is 26.8 Å². The van der Waals surface area contributed by atoms with Crippen molar-refractivity contribution in [2.45, 2.75) is 68.3 Å². The quantitative estimate of drug-likeness (QED) is 0.717. The number of carbonyl (C=O) groups excluding carboxylic acids is 1. The molecule has 0 heterocycles. The SMILES string of the molecule is CN(C(=O)CNC[C@H]1CC[C@@H](S(=O)(=O)c2cccc(C(F)(F)F)c2)CC1)C(C)(C)C. The first-order valence-corrected chi connectivity index (χ1v) is 11.7. The molecular formula is C21H31F3N2O3S. The highest BCUT2D eigenvalue weighted by atomic mass is 32.2. The number of amides is 1. The summed E-state index contributed by atoms with van der Waals surface area (Å²) in [4.78, 5) is 13.6. The summed E-state index contributed by atoms with van der Waals surface area (Å²) < 4.78 is 64.4. The zero-order valence-electron chi connectivity index (χ0n) is 17.9. The maximum atomic E-state index is 12.9. The van der Waals surface area contributed by atoms with Crippen molar-refractivity contribution in [2.75, 3.05) is 20.1 Å². The summed E-state index contributed by atoms with van der Waals surface area (Å²) in [6.07, 6.45) is -2.47. The molecule has 9 heteroatoms. The van der Waals surface area contributed by atoms with E-state index in [0.29, 0.717) is 32.2 Å². The van der Waals surface area contributed by atoms with Gasteiger partial charge in [-0.1, -0.05) is 6.07 Å². The molecule has 0 aliphatic heterocycles. The first-order chi connectivity index (χ1) is 13.7. The molecule has 1 aromatic rings. The Kier molecular flexibility index (Phi) is 7.61. The molecule has 1 saturated carbocycles. The molecule has 0 bridgehead atoms. The predicted molar refractivity (Wildman–Crippen MR) is 110 cm³/mol. The van der Waals surface area contributed by atoms with Crippen LogP contribution in [0.4, 0.5) is 13.2 Å². The van der Waals surface area contributed by atoms with E-state index >= 15 is 0 Å². The largest absolute Gasteiger partial charge is 0.416 e. The third-order valence-electron chi connectivity index (χ3n) is 5.81. The van der Waals surface area contributed by atoms with Crippen LogP contribution in [0.15, 0.2) is 29.2 Å². The summed E-state index contributed by atoms with van der Waals surface area (Å²) >= 11 is 0. The predicted octanol–water partition coefficient (Wildman–Crippen LogP) is 3.88. The lowest BCUT2D eigenvalue weighted by Crippen LogP contribution is -2.47. The molecule has 1 amide bonds. The lowest BCUT2D eigenvalue weighted by atomic mass is 9.89. The molecule has 1 N–H and O–H groups in total. The molecule has 0 unspecified atom stereocenters. The van der Waals surface area contributed by atoms with Crippen molar-refractivity contribution in [3.05, 3.63) is 29.8 Å². The van der Waals surface area contributed by atoms with Gasteiger partial charge in [-0.25, -0.2) is 8.42 Å². The van der Waals surface area contributed by atoms with E-state index in [1.54, 1.807) is 11.9 Å². The molecule has 170 valence electrons. The van der Waals surface area contributed by atoms with Gasteiger partial charge in [-0.3, -0.25) is 4.79 Å². The summed E-state index contributed by atoms with van der Waals surface area (Å²) in [6.45, 7) is 6.70. The van der Waals surface area contributed by atoms with Crippen LogP contribution < -0.4 is 5.32 Å². The second-order valence-electron chi connectivity index (χ2n) is 8.97. The van der Waals surface area contributed by atoms with E-state index in [-0.39, 0.29) is 28.8 Å². The lowest BCUT2D eigenvalue weighted by molar-refractivity contribution is -0.137. The molecule has 5 nitrogen and oxygen atoms in total. The van der Waals surface area contributed by atoms with Gasteiger partial charge < -0.3 is 10.2 Å². The van der Waals surface area contributed by atoms with Crippen molar-refractivity contribution in [1.29, 1.82) is 0 Å². The van der Waals surface area contributed by atoms with Crippen LogP contribution in [0, 0.1) is 5.92 Å². The average Bonchev–Trinajstić information content (AvgIpc) is 2.66. The van der Waals surface area contributed by atoms with Crippen LogP contribution in [-0.4, -0.2) is 50.2 Å². The number of hydrogen-bond acceptors (Lipinski definition) is 4. The third kappa shape index (κ3) is 6.20. The van der Waals surface area contributed by atoms with Crippen LogP contribution >= 0.6 is 0 Å². The Labute approximate surface area is 176 Å². The van der Waals surface area contributed by atoms with E-state index in [1.807, 2.05) is 20.8 Å². The molecule has 1 aromatic carbocycles. The number of nitrogens with zero attached hydrogens (tertiary/aromatic N) is 1.